The maximum atomic E-state index is 13.2. The molecule has 2 aliphatic heterocycles. The van der Waals surface area contributed by atoms with Crippen LogP contribution in [0.2, 0.25) is 0 Å². The zero-order valence-electron chi connectivity index (χ0n) is 19.3. The molecular formula is C27H24F3N3O3. The molecule has 2 fully saturated rings. The summed E-state index contributed by atoms with van der Waals surface area (Å²) in [5.41, 5.74) is 3.40. The van der Waals surface area contributed by atoms with Crippen LogP contribution in [0.25, 0.3) is 11.1 Å². The monoisotopic (exact) mass is 495 g/mol. The van der Waals surface area contributed by atoms with E-state index in [9.17, 15) is 23.1 Å². The van der Waals surface area contributed by atoms with Crippen molar-refractivity contribution in [3.8, 4) is 11.1 Å². The highest BCUT2D eigenvalue weighted by atomic mass is 19.4. The third-order valence-corrected chi connectivity index (χ3v) is 7.76. The van der Waals surface area contributed by atoms with Crippen molar-refractivity contribution in [2.24, 2.45) is 0 Å². The number of nitrogens with zero attached hydrogens (tertiary/aromatic N) is 3. The normalized spacial score (nSPS) is 24.9. The number of hydrogen-bond donors (Lipinski definition) is 1. The van der Waals surface area contributed by atoms with Crippen LogP contribution < -0.4 is 0 Å². The van der Waals surface area contributed by atoms with E-state index in [2.05, 4.69) is 34.2 Å². The van der Waals surface area contributed by atoms with Crippen molar-refractivity contribution in [2.45, 2.75) is 55.5 Å². The molecule has 2 saturated heterocycles. The summed E-state index contributed by atoms with van der Waals surface area (Å²) in [4.78, 5) is 21.7. The van der Waals surface area contributed by atoms with Crippen LogP contribution in [-0.2, 0) is 16.5 Å². The Bertz CT molecular complexity index is 1250. The van der Waals surface area contributed by atoms with Crippen molar-refractivity contribution in [3.63, 3.8) is 0 Å². The van der Waals surface area contributed by atoms with Gasteiger partial charge in [-0.15, -0.1) is 0 Å². The van der Waals surface area contributed by atoms with Gasteiger partial charge < -0.3 is 14.7 Å². The predicted octanol–water partition coefficient (Wildman–Crippen LogP) is 5.26. The fourth-order valence-electron chi connectivity index (χ4n) is 6.14. The van der Waals surface area contributed by atoms with E-state index in [-0.39, 0.29) is 43.0 Å². The van der Waals surface area contributed by atoms with Crippen LogP contribution >= 0.6 is 0 Å². The zero-order chi connectivity index (χ0) is 25.1. The minimum Gasteiger partial charge on any atom is -0.448 e. The first-order valence-corrected chi connectivity index (χ1v) is 12.0. The molecule has 0 spiro atoms. The molecular weight excluding hydrogens is 471 g/mol. The van der Waals surface area contributed by atoms with Gasteiger partial charge in [0.05, 0.1) is 5.60 Å². The average Bonchev–Trinajstić information content (AvgIpc) is 3.34. The average molecular weight is 496 g/mol. The van der Waals surface area contributed by atoms with Gasteiger partial charge in [-0.3, -0.25) is 0 Å². The number of benzene rings is 2. The summed E-state index contributed by atoms with van der Waals surface area (Å²) in [5, 5.41) is 11.3. The SMILES string of the molecule is O=C(OCC1c2ccccc2-c2ccccc21)N1C2CCC1CC(O)(c1cnc(C(F)(F)F)nc1)C2. The molecule has 2 bridgehead atoms. The van der Waals surface area contributed by atoms with Crippen molar-refractivity contribution in [3.05, 3.63) is 83.4 Å². The molecule has 3 aromatic rings. The minimum atomic E-state index is -4.65. The summed E-state index contributed by atoms with van der Waals surface area (Å²) in [6.07, 6.45) is -1.21. The van der Waals surface area contributed by atoms with Crippen molar-refractivity contribution < 1.29 is 27.8 Å². The number of amides is 1. The third-order valence-electron chi connectivity index (χ3n) is 7.76. The van der Waals surface area contributed by atoms with Gasteiger partial charge >= 0.3 is 12.3 Å². The predicted molar refractivity (Wildman–Crippen MR) is 124 cm³/mol. The molecule has 2 aromatic carbocycles. The fraction of sp³-hybridized carbons (Fsp3) is 0.370. The van der Waals surface area contributed by atoms with Crippen LogP contribution in [0.4, 0.5) is 18.0 Å². The lowest BCUT2D eigenvalue weighted by Crippen LogP contribution is -2.52. The first kappa shape index (κ1) is 23.0. The van der Waals surface area contributed by atoms with E-state index < -0.39 is 23.7 Å². The van der Waals surface area contributed by atoms with E-state index in [1.54, 1.807) is 4.90 Å². The molecule has 6 rings (SSSR count). The van der Waals surface area contributed by atoms with Crippen LogP contribution in [-0.4, -0.2) is 44.8 Å². The van der Waals surface area contributed by atoms with Crippen LogP contribution in [0.1, 0.15) is 54.1 Å². The Morgan fingerprint density at radius 2 is 1.50 bits per heavy atom. The molecule has 9 heteroatoms. The Balaban J connectivity index is 1.16. The smallest absolute Gasteiger partial charge is 0.448 e. The largest absolute Gasteiger partial charge is 0.451 e. The lowest BCUT2D eigenvalue weighted by molar-refractivity contribution is -0.145. The van der Waals surface area contributed by atoms with Crippen LogP contribution in [0.3, 0.4) is 0 Å². The van der Waals surface area contributed by atoms with Crippen molar-refractivity contribution in [2.75, 3.05) is 6.61 Å². The lowest BCUT2D eigenvalue weighted by Gasteiger charge is -2.43. The molecule has 0 radical (unpaired) electrons. The molecule has 6 nitrogen and oxygen atoms in total. The minimum absolute atomic E-state index is 0.0509. The van der Waals surface area contributed by atoms with Gasteiger partial charge in [0.2, 0.25) is 5.82 Å². The number of halogens is 3. The maximum absolute atomic E-state index is 13.2. The molecule has 3 heterocycles. The number of aliphatic hydroxyl groups is 1. The maximum Gasteiger partial charge on any atom is 0.451 e. The first-order valence-electron chi connectivity index (χ1n) is 12.0. The summed E-state index contributed by atoms with van der Waals surface area (Å²) in [6, 6.07) is 15.7. The second-order valence-corrected chi connectivity index (χ2v) is 9.83. The van der Waals surface area contributed by atoms with Crippen LogP contribution in [0, 0.1) is 0 Å². The number of carbonyl (C=O) groups excluding carboxylic acids is 1. The van der Waals surface area contributed by atoms with E-state index in [4.69, 9.17) is 4.74 Å². The Hall–Kier alpha value is -3.46. The van der Waals surface area contributed by atoms with E-state index in [0.29, 0.717) is 12.8 Å². The number of ether oxygens (including phenoxy) is 1. The standard InChI is InChI=1S/C27H24F3N3O3/c28-27(29,30)24-31-13-16(14-32-24)26(35)11-17-9-10-18(12-26)33(17)25(34)36-15-23-21-7-3-1-5-19(21)20-6-2-4-8-22(20)23/h1-8,13-14,17-18,23,35H,9-12,15H2. The van der Waals surface area contributed by atoms with E-state index in [1.165, 1.54) is 0 Å². The Morgan fingerprint density at radius 1 is 0.972 bits per heavy atom. The molecule has 1 amide bonds. The summed E-state index contributed by atoms with van der Waals surface area (Å²) < 4.78 is 44.3. The topological polar surface area (TPSA) is 75.5 Å². The third kappa shape index (κ3) is 3.73. The highest BCUT2D eigenvalue weighted by Crippen LogP contribution is 2.47. The van der Waals surface area contributed by atoms with E-state index in [0.717, 1.165) is 34.6 Å². The van der Waals surface area contributed by atoms with Gasteiger partial charge in [0, 0.05) is 48.8 Å². The summed E-state index contributed by atoms with van der Waals surface area (Å²) in [6.45, 7) is 0.208. The van der Waals surface area contributed by atoms with Gasteiger partial charge in [0.15, 0.2) is 0 Å². The number of rotatable bonds is 3. The highest BCUT2D eigenvalue weighted by Gasteiger charge is 2.51. The summed E-state index contributed by atoms with van der Waals surface area (Å²) in [5.74, 6) is -1.29. The second kappa shape index (κ2) is 8.30. The highest BCUT2D eigenvalue weighted by molar-refractivity contribution is 5.79. The Kier molecular flexibility index (Phi) is 5.29. The summed E-state index contributed by atoms with van der Waals surface area (Å²) in [7, 11) is 0. The number of hydrogen-bond acceptors (Lipinski definition) is 5. The summed E-state index contributed by atoms with van der Waals surface area (Å²) >= 11 is 0. The Labute approximate surface area is 205 Å². The quantitative estimate of drug-likeness (QED) is 0.537. The van der Waals surface area contributed by atoms with Crippen LogP contribution in [0.5, 0.6) is 0 Å². The fourth-order valence-corrected chi connectivity index (χ4v) is 6.14. The van der Waals surface area contributed by atoms with Gasteiger partial charge in [-0.2, -0.15) is 13.2 Å². The molecule has 3 aliphatic rings. The molecule has 1 N–H and O–H groups in total. The lowest BCUT2D eigenvalue weighted by atomic mass is 9.82. The molecule has 2 atom stereocenters. The number of piperidine rings is 1. The zero-order valence-corrected chi connectivity index (χ0v) is 19.3. The molecule has 1 aromatic heterocycles. The second-order valence-electron chi connectivity index (χ2n) is 9.83. The molecule has 0 saturated carbocycles. The van der Waals surface area contributed by atoms with Gasteiger partial charge in [-0.05, 0) is 35.1 Å². The number of alkyl halides is 3. The molecule has 1 aliphatic carbocycles. The Morgan fingerprint density at radius 3 is 2.03 bits per heavy atom. The van der Waals surface area contributed by atoms with Gasteiger partial charge in [-0.25, -0.2) is 14.8 Å². The van der Waals surface area contributed by atoms with Crippen molar-refractivity contribution in [1.29, 1.82) is 0 Å². The van der Waals surface area contributed by atoms with Gasteiger partial charge in [0.1, 0.15) is 6.61 Å². The van der Waals surface area contributed by atoms with E-state index in [1.807, 2.05) is 24.3 Å². The van der Waals surface area contributed by atoms with Gasteiger partial charge in [-0.1, -0.05) is 48.5 Å². The van der Waals surface area contributed by atoms with Crippen molar-refractivity contribution >= 4 is 6.09 Å². The molecule has 2 unspecified atom stereocenters. The molecule has 186 valence electrons. The number of aromatic nitrogens is 2. The number of fused-ring (bicyclic) bond motifs is 5. The van der Waals surface area contributed by atoms with Gasteiger partial charge in [0.25, 0.3) is 0 Å². The van der Waals surface area contributed by atoms with Crippen LogP contribution in [0.15, 0.2) is 60.9 Å². The molecule has 36 heavy (non-hydrogen) atoms. The van der Waals surface area contributed by atoms with Crippen molar-refractivity contribution in [1.82, 2.24) is 14.9 Å². The van der Waals surface area contributed by atoms with E-state index >= 15 is 0 Å². The number of carbonyl (C=O) groups is 1. The first-order chi connectivity index (χ1) is 17.2.